The van der Waals surface area contributed by atoms with Gasteiger partial charge in [0, 0.05) is 0 Å². The van der Waals surface area contributed by atoms with Gasteiger partial charge in [-0.25, -0.2) is 0 Å². The molecule has 112 valence electrons. The summed E-state index contributed by atoms with van der Waals surface area (Å²) in [6, 6.07) is 19.2. The number of hydrogen-bond donors (Lipinski definition) is 1. The maximum Gasteiger partial charge on any atom is 0.0933 e. The van der Waals surface area contributed by atoms with Gasteiger partial charge in [0.15, 0.2) is 0 Å². The number of rotatable bonds is 8. The monoisotopic (exact) mass is 283 g/mol. The van der Waals surface area contributed by atoms with E-state index in [1.54, 1.807) is 0 Å². The number of nitrogens with one attached hydrogen (secondary N) is 1. The average molecular weight is 283 g/mol. The molecule has 2 aromatic rings. The number of hydrogen-bond acceptors (Lipinski definition) is 2. The molecule has 0 bridgehead atoms. The lowest BCUT2D eigenvalue weighted by molar-refractivity contribution is 0.00698. The number of benzene rings is 2. The normalized spacial score (nSPS) is 12.3. The molecule has 0 aromatic heterocycles. The molecule has 21 heavy (non-hydrogen) atoms. The second-order valence-electron chi connectivity index (χ2n) is 5.46. The molecule has 2 heteroatoms. The molecule has 0 spiro atoms. The molecule has 1 N–H and O–H groups in total. The molecule has 0 saturated carbocycles. The van der Waals surface area contributed by atoms with E-state index < -0.39 is 0 Å². The van der Waals surface area contributed by atoms with Gasteiger partial charge in [-0.3, -0.25) is 4.84 Å². The van der Waals surface area contributed by atoms with Crippen LogP contribution in [0.5, 0.6) is 0 Å². The fourth-order valence-corrected chi connectivity index (χ4v) is 2.25. The first-order valence-corrected chi connectivity index (χ1v) is 7.79. The zero-order valence-electron chi connectivity index (χ0n) is 13.0. The van der Waals surface area contributed by atoms with E-state index in [-0.39, 0.29) is 6.04 Å². The van der Waals surface area contributed by atoms with Gasteiger partial charge in [0.25, 0.3) is 0 Å². The van der Waals surface area contributed by atoms with Gasteiger partial charge in [0.1, 0.15) is 0 Å². The Morgan fingerprint density at radius 2 is 1.67 bits per heavy atom. The SMILES string of the molecule is CCCCc1ccc(C(C)NOCc2ccccc2)cc1. The van der Waals surface area contributed by atoms with Crippen molar-refractivity contribution in [3.8, 4) is 0 Å². The lowest BCUT2D eigenvalue weighted by atomic mass is 10.0. The van der Waals surface area contributed by atoms with E-state index in [2.05, 4.69) is 55.7 Å². The predicted octanol–water partition coefficient (Wildman–Crippen LogP) is 4.81. The number of aryl methyl sites for hydroxylation is 1. The quantitative estimate of drug-likeness (QED) is 0.702. The van der Waals surface area contributed by atoms with Crippen LogP contribution in [-0.4, -0.2) is 0 Å². The van der Waals surface area contributed by atoms with Crippen LogP contribution in [0, 0.1) is 0 Å². The Hall–Kier alpha value is -1.64. The fraction of sp³-hybridized carbons (Fsp3) is 0.368. The van der Waals surface area contributed by atoms with Crippen LogP contribution in [0.1, 0.15) is 49.4 Å². The van der Waals surface area contributed by atoms with E-state index >= 15 is 0 Å². The molecule has 1 atom stereocenters. The van der Waals surface area contributed by atoms with Crippen LogP contribution in [0.25, 0.3) is 0 Å². The minimum Gasteiger partial charge on any atom is -0.296 e. The van der Waals surface area contributed by atoms with Crippen molar-refractivity contribution >= 4 is 0 Å². The molecule has 0 amide bonds. The van der Waals surface area contributed by atoms with Crippen LogP contribution in [0.15, 0.2) is 54.6 Å². The van der Waals surface area contributed by atoms with Crippen molar-refractivity contribution < 1.29 is 4.84 Å². The van der Waals surface area contributed by atoms with Crippen molar-refractivity contribution in [2.45, 2.75) is 45.8 Å². The lowest BCUT2D eigenvalue weighted by Gasteiger charge is -2.14. The van der Waals surface area contributed by atoms with Crippen LogP contribution in [0.2, 0.25) is 0 Å². The first-order chi connectivity index (χ1) is 10.3. The third-order valence-corrected chi connectivity index (χ3v) is 3.64. The highest BCUT2D eigenvalue weighted by molar-refractivity contribution is 5.24. The van der Waals surface area contributed by atoms with E-state index in [0.717, 1.165) is 0 Å². The summed E-state index contributed by atoms with van der Waals surface area (Å²) in [5.74, 6) is 0. The van der Waals surface area contributed by atoms with Crippen molar-refractivity contribution in [3.05, 3.63) is 71.3 Å². The van der Waals surface area contributed by atoms with Crippen molar-refractivity contribution in [2.75, 3.05) is 0 Å². The molecular formula is C19H25NO. The maximum absolute atomic E-state index is 5.58. The third-order valence-electron chi connectivity index (χ3n) is 3.64. The Labute approximate surface area is 128 Å². The van der Waals surface area contributed by atoms with Gasteiger partial charge in [-0.2, -0.15) is 5.48 Å². The van der Waals surface area contributed by atoms with Crippen LogP contribution in [-0.2, 0) is 17.9 Å². The maximum atomic E-state index is 5.58. The molecule has 0 aliphatic rings. The summed E-state index contributed by atoms with van der Waals surface area (Å²) in [5.41, 5.74) is 6.95. The molecule has 0 heterocycles. The summed E-state index contributed by atoms with van der Waals surface area (Å²) in [5, 5.41) is 0. The topological polar surface area (TPSA) is 21.3 Å². The molecule has 2 rings (SSSR count). The van der Waals surface area contributed by atoms with E-state index in [9.17, 15) is 0 Å². The van der Waals surface area contributed by atoms with Crippen LogP contribution in [0.3, 0.4) is 0 Å². The Morgan fingerprint density at radius 1 is 0.952 bits per heavy atom. The van der Waals surface area contributed by atoms with Gasteiger partial charge >= 0.3 is 0 Å². The fourth-order valence-electron chi connectivity index (χ4n) is 2.25. The van der Waals surface area contributed by atoms with E-state index in [1.165, 1.54) is 36.0 Å². The summed E-state index contributed by atoms with van der Waals surface area (Å²) in [6.07, 6.45) is 3.67. The molecule has 2 nitrogen and oxygen atoms in total. The van der Waals surface area contributed by atoms with Gasteiger partial charge in [-0.1, -0.05) is 67.9 Å². The van der Waals surface area contributed by atoms with Gasteiger partial charge in [0.2, 0.25) is 0 Å². The Balaban J connectivity index is 1.78. The number of hydroxylamine groups is 1. The molecule has 0 fully saturated rings. The molecule has 1 unspecified atom stereocenters. The molecule has 0 radical (unpaired) electrons. The molecule has 0 saturated heterocycles. The molecule has 0 aliphatic heterocycles. The van der Waals surface area contributed by atoms with Crippen LogP contribution >= 0.6 is 0 Å². The smallest absolute Gasteiger partial charge is 0.0933 e. The highest BCUT2D eigenvalue weighted by Crippen LogP contribution is 2.15. The van der Waals surface area contributed by atoms with Crippen molar-refractivity contribution in [2.24, 2.45) is 0 Å². The Morgan fingerprint density at radius 3 is 2.33 bits per heavy atom. The zero-order valence-corrected chi connectivity index (χ0v) is 13.0. The van der Waals surface area contributed by atoms with Gasteiger partial charge in [-0.15, -0.1) is 0 Å². The summed E-state index contributed by atoms with van der Waals surface area (Å²) in [4.78, 5) is 5.58. The van der Waals surface area contributed by atoms with E-state index in [4.69, 9.17) is 4.84 Å². The Bertz CT molecular complexity index is 507. The van der Waals surface area contributed by atoms with Crippen LogP contribution < -0.4 is 5.48 Å². The average Bonchev–Trinajstić information content (AvgIpc) is 2.54. The first-order valence-electron chi connectivity index (χ1n) is 7.79. The lowest BCUT2D eigenvalue weighted by Crippen LogP contribution is -2.19. The van der Waals surface area contributed by atoms with Crippen molar-refractivity contribution in [1.82, 2.24) is 5.48 Å². The summed E-state index contributed by atoms with van der Waals surface area (Å²) < 4.78 is 0. The molecular weight excluding hydrogens is 258 g/mol. The van der Waals surface area contributed by atoms with E-state index in [0.29, 0.717) is 6.61 Å². The van der Waals surface area contributed by atoms with Gasteiger partial charge < -0.3 is 0 Å². The minimum absolute atomic E-state index is 0.189. The Kier molecular flexibility index (Phi) is 6.45. The van der Waals surface area contributed by atoms with Gasteiger partial charge in [0.05, 0.1) is 12.6 Å². The third kappa shape index (κ3) is 5.33. The highest BCUT2D eigenvalue weighted by atomic mass is 16.6. The van der Waals surface area contributed by atoms with E-state index in [1.807, 2.05) is 18.2 Å². The van der Waals surface area contributed by atoms with Gasteiger partial charge in [-0.05, 0) is 36.5 Å². The van der Waals surface area contributed by atoms with Crippen molar-refractivity contribution in [1.29, 1.82) is 0 Å². The van der Waals surface area contributed by atoms with Crippen LogP contribution in [0.4, 0.5) is 0 Å². The number of unbranched alkanes of at least 4 members (excludes halogenated alkanes) is 1. The van der Waals surface area contributed by atoms with Crippen molar-refractivity contribution in [3.63, 3.8) is 0 Å². The zero-order chi connectivity index (χ0) is 14.9. The molecule has 0 aliphatic carbocycles. The minimum atomic E-state index is 0.189. The standard InChI is InChI=1S/C19H25NO/c1-3-4-8-17-11-13-19(14-12-17)16(2)20-21-15-18-9-6-5-7-10-18/h5-7,9-14,16,20H,3-4,8,15H2,1-2H3. The molecule has 2 aromatic carbocycles. The predicted molar refractivity (Wildman–Crippen MR) is 87.8 cm³/mol. The largest absolute Gasteiger partial charge is 0.296 e. The summed E-state index contributed by atoms with van der Waals surface area (Å²) in [7, 11) is 0. The summed E-state index contributed by atoms with van der Waals surface area (Å²) in [6.45, 7) is 4.93. The summed E-state index contributed by atoms with van der Waals surface area (Å²) >= 11 is 0. The first kappa shape index (κ1) is 15.7. The highest BCUT2D eigenvalue weighted by Gasteiger charge is 2.05. The second-order valence-corrected chi connectivity index (χ2v) is 5.46. The second kappa shape index (κ2) is 8.60.